The number of rotatable bonds is 5. The maximum absolute atomic E-state index is 13.2. The van der Waals surface area contributed by atoms with Gasteiger partial charge in [-0.05, 0) is 41.8 Å². The minimum Gasteiger partial charge on any atom is -0.325 e. The molecule has 1 heterocycles. The Kier molecular flexibility index (Phi) is 4.67. The molecule has 0 saturated carbocycles. The fourth-order valence-electron chi connectivity index (χ4n) is 2.40. The summed E-state index contributed by atoms with van der Waals surface area (Å²) in [5, 5.41) is 9.42. The van der Waals surface area contributed by atoms with E-state index in [1.54, 1.807) is 36.7 Å². The summed E-state index contributed by atoms with van der Waals surface area (Å²) in [5.41, 5.74) is 9.21. The highest BCUT2D eigenvalue weighted by Gasteiger charge is 2.14. The monoisotopic (exact) mass is 324 g/mol. The van der Waals surface area contributed by atoms with Crippen molar-refractivity contribution in [3.63, 3.8) is 0 Å². The van der Waals surface area contributed by atoms with Crippen LogP contribution in [0.5, 0.6) is 0 Å². The zero-order valence-corrected chi connectivity index (χ0v) is 12.9. The molecule has 3 aromatic rings. The van der Waals surface area contributed by atoms with Crippen LogP contribution in [0.3, 0.4) is 0 Å². The molecule has 0 aliphatic rings. The van der Waals surface area contributed by atoms with E-state index in [1.807, 2.05) is 12.1 Å². The standard InChI is InChI=1S/C18H17FN4O/c19-15-3-1-2-12(8-15)9-17(20)18(24)23-16-6-4-13(5-7-16)14-10-21-22-11-14/h1-8,10-11,17H,9,20H2,(H,21,22)(H,23,24)/t17-/m1/s1. The number of nitrogens with zero attached hydrogens (tertiary/aromatic N) is 1. The van der Waals surface area contributed by atoms with Gasteiger partial charge in [0.25, 0.3) is 0 Å². The smallest absolute Gasteiger partial charge is 0.241 e. The predicted octanol–water partition coefficient (Wildman–Crippen LogP) is 2.72. The molecule has 0 radical (unpaired) electrons. The van der Waals surface area contributed by atoms with Gasteiger partial charge in [-0.3, -0.25) is 9.89 Å². The number of H-pyrrole nitrogens is 1. The van der Waals surface area contributed by atoms with Crippen molar-refractivity contribution >= 4 is 11.6 Å². The number of halogens is 1. The van der Waals surface area contributed by atoms with Gasteiger partial charge in [0.2, 0.25) is 5.91 Å². The number of benzene rings is 2. The van der Waals surface area contributed by atoms with Crippen LogP contribution in [-0.4, -0.2) is 22.1 Å². The van der Waals surface area contributed by atoms with Gasteiger partial charge in [0.1, 0.15) is 5.82 Å². The van der Waals surface area contributed by atoms with Gasteiger partial charge >= 0.3 is 0 Å². The molecule has 24 heavy (non-hydrogen) atoms. The summed E-state index contributed by atoms with van der Waals surface area (Å²) >= 11 is 0. The average Bonchev–Trinajstić information content (AvgIpc) is 3.10. The van der Waals surface area contributed by atoms with Crippen LogP contribution in [0.2, 0.25) is 0 Å². The second-order valence-electron chi connectivity index (χ2n) is 5.49. The average molecular weight is 324 g/mol. The van der Waals surface area contributed by atoms with Gasteiger partial charge in [0.05, 0.1) is 12.2 Å². The Morgan fingerprint density at radius 1 is 1.21 bits per heavy atom. The molecule has 0 aliphatic heterocycles. The molecular weight excluding hydrogens is 307 g/mol. The Bertz CT molecular complexity index is 815. The molecule has 0 fully saturated rings. The second kappa shape index (κ2) is 7.06. The van der Waals surface area contributed by atoms with Crippen LogP contribution in [-0.2, 0) is 11.2 Å². The topological polar surface area (TPSA) is 83.8 Å². The number of nitrogens with two attached hydrogens (primary N) is 1. The molecule has 0 bridgehead atoms. The fraction of sp³-hybridized carbons (Fsp3) is 0.111. The van der Waals surface area contributed by atoms with Crippen molar-refractivity contribution < 1.29 is 9.18 Å². The summed E-state index contributed by atoms with van der Waals surface area (Å²) in [7, 11) is 0. The van der Waals surface area contributed by atoms with Gasteiger partial charge in [-0.1, -0.05) is 24.3 Å². The molecule has 0 saturated heterocycles. The van der Waals surface area contributed by atoms with E-state index in [-0.39, 0.29) is 18.1 Å². The molecule has 122 valence electrons. The Hall–Kier alpha value is -2.99. The van der Waals surface area contributed by atoms with E-state index in [1.165, 1.54) is 12.1 Å². The lowest BCUT2D eigenvalue weighted by molar-refractivity contribution is -0.117. The zero-order chi connectivity index (χ0) is 16.9. The molecule has 2 aromatic carbocycles. The third-order valence-corrected chi connectivity index (χ3v) is 3.67. The first kappa shape index (κ1) is 15.9. The predicted molar refractivity (Wildman–Crippen MR) is 90.7 cm³/mol. The van der Waals surface area contributed by atoms with Crippen molar-refractivity contribution in [1.82, 2.24) is 10.2 Å². The molecular formula is C18H17FN4O. The van der Waals surface area contributed by atoms with E-state index in [9.17, 15) is 9.18 Å². The number of aromatic nitrogens is 2. The fourth-order valence-corrected chi connectivity index (χ4v) is 2.40. The van der Waals surface area contributed by atoms with Crippen LogP contribution in [0.15, 0.2) is 60.9 Å². The first-order valence-corrected chi connectivity index (χ1v) is 7.52. The van der Waals surface area contributed by atoms with Gasteiger partial charge in [-0.15, -0.1) is 0 Å². The Morgan fingerprint density at radius 2 is 2.00 bits per heavy atom. The van der Waals surface area contributed by atoms with Crippen LogP contribution in [0.1, 0.15) is 5.56 Å². The Balaban J connectivity index is 1.61. The van der Waals surface area contributed by atoms with Gasteiger partial charge in [0, 0.05) is 17.4 Å². The molecule has 1 aromatic heterocycles. The summed E-state index contributed by atoms with van der Waals surface area (Å²) < 4.78 is 13.2. The van der Waals surface area contributed by atoms with Gasteiger partial charge < -0.3 is 11.1 Å². The number of nitrogens with one attached hydrogen (secondary N) is 2. The third-order valence-electron chi connectivity index (χ3n) is 3.67. The van der Waals surface area contributed by atoms with Crippen molar-refractivity contribution in [2.24, 2.45) is 5.73 Å². The lowest BCUT2D eigenvalue weighted by atomic mass is 10.1. The quantitative estimate of drug-likeness (QED) is 0.675. The van der Waals surface area contributed by atoms with Crippen LogP contribution in [0, 0.1) is 5.82 Å². The highest BCUT2D eigenvalue weighted by molar-refractivity contribution is 5.95. The number of carbonyl (C=O) groups is 1. The summed E-state index contributed by atoms with van der Waals surface area (Å²) in [5.74, 6) is -0.648. The Morgan fingerprint density at radius 3 is 2.67 bits per heavy atom. The number of anilines is 1. The van der Waals surface area contributed by atoms with E-state index >= 15 is 0 Å². The van der Waals surface area contributed by atoms with E-state index in [0.717, 1.165) is 11.1 Å². The molecule has 6 heteroatoms. The molecule has 5 nitrogen and oxygen atoms in total. The van der Waals surface area contributed by atoms with Gasteiger partial charge in [-0.2, -0.15) is 5.10 Å². The second-order valence-corrected chi connectivity index (χ2v) is 5.49. The molecule has 4 N–H and O–H groups in total. The molecule has 1 amide bonds. The summed E-state index contributed by atoms with van der Waals surface area (Å²) in [6.45, 7) is 0. The third kappa shape index (κ3) is 3.85. The summed E-state index contributed by atoms with van der Waals surface area (Å²) in [4.78, 5) is 12.2. The number of hydrogen-bond donors (Lipinski definition) is 3. The lowest BCUT2D eigenvalue weighted by Crippen LogP contribution is -2.37. The maximum atomic E-state index is 13.2. The van der Waals surface area contributed by atoms with Crippen LogP contribution in [0.25, 0.3) is 11.1 Å². The van der Waals surface area contributed by atoms with E-state index < -0.39 is 6.04 Å². The van der Waals surface area contributed by atoms with E-state index in [0.29, 0.717) is 11.3 Å². The first-order chi connectivity index (χ1) is 11.6. The molecule has 0 unspecified atom stereocenters. The van der Waals surface area contributed by atoms with E-state index in [2.05, 4.69) is 15.5 Å². The van der Waals surface area contributed by atoms with Crippen molar-refractivity contribution in [2.45, 2.75) is 12.5 Å². The summed E-state index contributed by atoms with van der Waals surface area (Å²) in [6.07, 6.45) is 3.79. The minimum absolute atomic E-state index is 0.275. The normalized spacial score (nSPS) is 11.9. The number of carbonyl (C=O) groups excluding carboxylic acids is 1. The van der Waals surface area contributed by atoms with E-state index in [4.69, 9.17) is 5.73 Å². The molecule has 3 rings (SSSR count). The molecule has 0 aliphatic carbocycles. The van der Waals surface area contributed by atoms with Crippen molar-refractivity contribution in [3.8, 4) is 11.1 Å². The minimum atomic E-state index is -0.750. The SMILES string of the molecule is N[C@H](Cc1cccc(F)c1)C(=O)Nc1ccc(-c2cn[nH]c2)cc1. The maximum Gasteiger partial charge on any atom is 0.241 e. The van der Waals surface area contributed by atoms with Crippen molar-refractivity contribution in [1.29, 1.82) is 0 Å². The summed E-state index contributed by atoms with van der Waals surface area (Å²) in [6, 6.07) is 12.7. The van der Waals surface area contributed by atoms with Crippen molar-refractivity contribution in [3.05, 3.63) is 72.3 Å². The van der Waals surface area contributed by atoms with Crippen molar-refractivity contribution in [2.75, 3.05) is 5.32 Å². The number of aromatic amines is 1. The van der Waals surface area contributed by atoms with Crippen LogP contribution >= 0.6 is 0 Å². The molecule has 0 spiro atoms. The lowest BCUT2D eigenvalue weighted by Gasteiger charge is -2.13. The Labute approximate surface area is 138 Å². The highest BCUT2D eigenvalue weighted by Crippen LogP contribution is 2.20. The zero-order valence-electron chi connectivity index (χ0n) is 12.9. The van der Waals surface area contributed by atoms with Crippen LogP contribution < -0.4 is 11.1 Å². The largest absolute Gasteiger partial charge is 0.325 e. The first-order valence-electron chi connectivity index (χ1n) is 7.52. The highest BCUT2D eigenvalue weighted by atomic mass is 19.1. The molecule has 1 atom stereocenters. The van der Waals surface area contributed by atoms with Gasteiger partial charge in [0.15, 0.2) is 0 Å². The van der Waals surface area contributed by atoms with Gasteiger partial charge in [-0.25, -0.2) is 4.39 Å². The number of amides is 1. The number of hydrogen-bond acceptors (Lipinski definition) is 3. The van der Waals surface area contributed by atoms with Crippen LogP contribution in [0.4, 0.5) is 10.1 Å².